The standard InChI is InChI=1S/C24H31Cl2N3O4S/c1-15(2)27-24(31)18(5)28(13-19-10-11-20(25)21(26)12-19)22(30)14-29(34(6,32)33)23-16(3)8-7-9-17(23)4/h7-12,15,18H,13-14H2,1-6H3,(H,27,31)/t18-/m0/s1. The fourth-order valence-electron chi connectivity index (χ4n) is 3.60. The number of sulfonamides is 1. The molecule has 2 aromatic carbocycles. The quantitative estimate of drug-likeness (QED) is 0.526. The summed E-state index contributed by atoms with van der Waals surface area (Å²) in [6, 6.07) is 9.36. The molecule has 0 fully saturated rings. The molecule has 0 saturated heterocycles. The number of benzene rings is 2. The van der Waals surface area contributed by atoms with E-state index >= 15 is 0 Å². The first-order chi connectivity index (χ1) is 15.7. The zero-order chi connectivity index (χ0) is 25.8. The number of carbonyl (C=O) groups is 2. The minimum absolute atomic E-state index is 0.0484. The summed E-state index contributed by atoms with van der Waals surface area (Å²) in [4.78, 5) is 27.7. The summed E-state index contributed by atoms with van der Waals surface area (Å²) in [7, 11) is -3.79. The van der Waals surface area contributed by atoms with Crippen molar-refractivity contribution in [3.63, 3.8) is 0 Å². The molecule has 0 aliphatic rings. The molecule has 0 aromatic heterocycles. The Bertz CT molecular complexity index is 1150. The Kier molecular flexibility index (Phi) is 9.39. The fourth-order valence-corrected chi connectivity index (χ4v) is 4.88. The van der Waals surface area contributed by atoms with Crippen LogP contribution in [0.5, 0.6) is 0 Å². The average molecular weight is 529 g/mol. The minimum atomic E-state index is -3.79. The van der Waals surface area contributed by atoms with Crippen LogP contribution in [0.25, 0.3) is 0 Å². The van der Waals surface area contributed by atoms with Crippen LogP contribution in [-0.2, 0) is 26.2 Å². The topological polar surface area (TPSA) is 86.8 Å². The van der Waals surface area contributed by atoms with Crippen LogP contribution in [0.1, 0.15) is 37.5 Å². The van der Waals surface area contributed by atoms with E-state index in [4.69, 9.17) is 23.2 Å². The molecule has 10 heteroatoms. The summed E-state index contributed by atoms with van der Waals surface area (Å²) >= 11 is 12.2. The second-order valence-electron chi connectivity index (χ2n) is 8.62. The van der Waals surface area contributed by atoms with Crippen molar-refractivity contribution in [3.8, 4) is 0 Å². The van der Waals surface area contributed by atoms with Gasteiger partial charge < -0.3 is 10.2 Å². The molecule has 1 N–H and O–H groups in total. The van der Waals surface area contributed by atoms with E-state index in [0.717, 1.165) is 21.7 Å². The number of aryl methyl sites for hydroxylation is 2. The van der Waals surface area contributed by atoms with E-state index in [9.17, 15) is 18.0 Å². The molecular formula is C24H31Cl2N3O4S. The number of carbonyl (C=O) groups excluding carboxylic acids is 2. The predicted octanol–water partition coefficient (Wildman–Crippen LogP) is 4.32. The van der Waals surface area contributed by atoms with Crippen molar-refractivity contribution in [1.82, 2.24) is 10.2 Å². The maximum Gasteiger partial charge on any atom is 0.244 e. The molecule has 2 rings (SSSR count). The first kappa shape index (κ1) is 28.0. The molecule has 0 spiro atoms. The number of amides is 2. The maximum absolute atomic E-state index is 13.6. The van der Waals surface area contributed by atoms with Gasteiger partial charge >= 0.3 is 0 Å². The highest BCUT2D eigenvalue weighted by molar-refractivity contribution is 7.92. The molecule has 1 atom stereocenters. The summed E-state index contributed by atoms with van der Waals surface area (Å²) in [6.07, 6.45) is 1.06. The van der Waals surface area contributed by atoms with Gasteiger partial charge in [0.05, 0.1) is 22.0 Å². The molecule has 0 heterocycles. The van der Waals surface area contributed by atoms with Gasteiger partial charge in [-0.05, 0) is 63.4 Å². The highest BCUT2D eigenvalue weighted by atomic mass is 35.5. The Balaban J connectivity index is 2.47. The van der Waals surface area contributed by atoms with Gasteiger partial charge in [0.25, 0.3) is 0 Å². The highest BCUT2D eigenvalue weighted by Crippen LogP contribution is 2.28. The number of hydrogen-bond donors (Lipinski definition) is 1. The normalized spacial score (nSPS) is 12.4. The van der Waals surface area contributed by atoms with Gasteiger partial charge in [0.2, 0.25) is 21.8 Å². The molecule has 7 nitrogen and oxygen atoms in total. The van der Waals surface area contributed by atoms with Crippen molar-refractivity contribution in [3.05, 3.63) is 63.1 Å². The van der Waals surface area contributed by atoms with E-state index in [2.05, 4.69) is 5.32 Å². The van der Waals surface area contributed by atoms with Gasteiger partial charge in [0.15, 0.2) is 0 Å². The molecule has 0 unspecified atom stereocenters. The third-order valence-electron chi connectivity index (χ3n) is 5.30. The first-order valence-electron chi connectivity index (χ1n) is 10.8. The Labute approximate surface area is 212 Å². The number of hydrogen-bond acceptors (Lipinski definition) is 4. The lowest BCUT2D eigenvalue weighted by Gasteiger charge is -2.32. The summed E-state index contributed by atoms with van der Waals surface area (Å²) in [5.41, 5.74) is 2.55. The van der Waals surface area contributed by atoms with Crippen LogP contribution in [0, 0.1) is 13.8 Å². The predicted molar refractivity (Wildman–Crippen MR) is 138 cm³/mol. The fraction of sp³-hybridized carbons (Fsp3) is 0.417. The lowest BCUT2D eigenvalue weighted by atomic mass is 10.1. The Morgan fingerprint density at radius 3 is 2.09 bits per heavy atom. The second kappa shape index (κ2) is 11.4. The van der Waals surface area contributed by atoms with Crippen molar-refractivity contribution in [1.29, 1.82) is 0 Å². The van der Waals surface area contributed by atoms with E-state index in [-0.39, 0.29) is 18.5 Å². The number of nitrogens with one attached hydrogen (secondary N) is 1. The van der Waals surface area contributed by atoms with E-state index < -0.39 is 28.5 Å². The Morgan fingerprint density at radius 2 is 1.59 bits per heavy atom. The lowest BCUT2D eigenvalue weighted by molar-refractivity contribution is -0.139. The van der Waals surface area contributed by atoms with Crippen LogP contribution in [0.15, 0.2) is 36.4 Å². The minimum Gasteiger partial charge on any atom is -0.352 e. The van der Waals surface area contributed by atoms with Crippen molar-refractivity contribution in [2.45, 2.75) is 53.2 Å². The summed E-state index contributed by atoms with van der Waals surface area (Å²) in [5, 5.41) is 3.49. The molecule has 0 bridgehead atoms. The van der Waals surface area contributed by atoms with E-state index in [0.29, 0.717) is 21.3 Å². The van der Waals surface area contributed by atoms with Crippen LogP contribution in [0.2, 0.25) is 10.0 Å². The van der Waals surface area contributed by atoms with Gasteiger partial charge in [-0.15, -0.1) is 0 Å². The number of anilines is 1. The molecule has 0 aliphatic heterocycles. The lowest BCUT2D eigenvalue weighted by Crippen LogP contribution is -2.52. The van der Waals surface area contributed by atoms with E-state index in [1.165, 1.54) is 4.90 Å². The molecule has 2 amide bonds. The van der Waals surface area contributed by atoms with Crippen LogP contribution < -0.4 is 9.62 Å². The molecule has 0 radical (unpaired) electrons. The zero-order valence-corrected chi connectivity index (χ0v) is 22.6. The molecule has 186 valence electrons. The van der Waals surface area contributed by atoms with Crippen LogP contribution in [0.3, 0.4) is 0 Å². The molecule has 0 aliphatic carbocycles. The van der Waals surface area contributed by atoms with Gasteiger partial charge in [0, 0.05) is 12.6 Å². The monoisotopic (exact) mass is 527 g/mol. The second-order valence-corrected chi connectivity index (χ2v) is 11.3. The van der Waals surface area contributed by atoms with Crippen LogP contribution >= 0.6 is 23.2 Å². The molecule has 2 aromatic rings. The van der Waals surface area contributed by atoms with Crippen LogP contribution in [0.4, 0.5) is 5.69 Å². The third-order valence-corrected chi connectivity index (χ3v) is 7.15. The number of rotatable bonds is 9. The van der Waals surface area contributed by atoms with Crippen molar-refractivity contribution in [2.24, 2.45) is 0 Å². The van der Waals surface area contributed by atoms with Crippen molar-refractivity contribution < 1.29 is 18.0 Å². The van der Waals surface area contributed by atoms with Crippen molar-refractivity contribution >= 4 is 50.7 Å². The van der Waals surface area contributed by atoms with Crippen molar-refractivity contribution in [2.75, 3.05) is 17.1 Å². The highest BCUT2D eigenvalue weighted by Gasteiger charge is 2.31. The van der Waals surface area contributed by atoms with Crippen LogP contribution in [-0.4, -0.2) is 50.0 Å². The summed E-state index contributed by atoms with van der Waals surface area (Å²) in [5.74, 6) is -0.869. The largest absolute Gasteiger partial charge is 0.352 e. The summed E-state index contributed by atoms with van der Waals surface area (Å²) in [6.45, 7) is 8.42. The van der Waals surface area contributed by atoms with Gasteiger partial charge in [-0.3, -0.25) is 13.9 Å². The molecule has 34 heavy (non-hydrogen) atoms. The SMILES string of the molecule is Cc1cccc(C)c1N(CC(=O)N(Cc1ccc(Cl)c(Cl)c1)[C@@H](C)C(=O)NC(C)C)S(C)(=O)=O. The third kappa shape index (κ3) is 7.10. The summed E-state index contributed by atoms with van der Waals surface area (Å²) < 4.78 is 26.5. The zero-order valence-electron chi connectivity index (χ0n) is 20.2. The smallest absolute Gasteiger partial charge is 0.244 e. The molecule has 0 saturated carbocycles. The Hall–Kier alpha value is -2.29. The maximum atomic E-state index is 13.6. The number of para-hydroxylation sites is 1. The Morgan fingerprint density at radius 1 is 1.00 bits per heavy atom. The first-order valence-corrected chi connectivity index (χ1v) is 13.4. The van der Waals surface area contributed by atoms with E-state index in [1.54, 1.807) is 51.1 Å². The van der Waals surface area contributed by atoms with Gasteiger partial charge in [-0.2, -0.15) is 0 Å². The number of nitrogens with zero attached hydrogens (tertiary/aromatic N) is 2. The van der Waals surface area contributed by atoms with E-state index in [1.807, 2.05) is 19.9 Å². The number of halogens is 2. The molecular weight excluding hydrogens is 497 g/mol. The average Bonchev–Trinajstić information content (AvgIpc) is 2.71. The van der Waals surface area contributed by atoms with Gasteiger partial charge in [-0.25, -0.2) is 8.42 Å². The van der Waals surface area contributed by atoms with Gasteiger partial charge in [0.1, 0.15) is 12.6 Å². The van der Waals surface area contributed by atoms with Gasteiger partial charge in [-0.1, -0.05) is 47.5 Å².